The third-order valence-electron chi connectivity index (χ3n) is 5.64. The van der Waals surface area contributed by atoms with E-state index >= 15 is 0 Å². The smallest absolute Gasteiger partial charge is 0.260 e. The van der Waals surface area contributed by atoms with Crippen LogP contribution in [0.3, 0.4) is 0 Å². The molecule has 0 unspecified atom stereocenters. The molecule has 1 amide bonds. The second-order valence-electron chi connectivity index (χ2n) is 7.40. The molecule has 2 heterocycles. The Bertz CT molecular complexity index is 792. The van der Waals surface area contributed by atoms with Crippen LogP contribution in [-0.2, 0) is 14.4 Å². The van der Waals surface area contributed by atoms with Crippen molar-refractivity contribution in [1.29, 1.82) is 0 Å². The lowest BCUT2D eigenvalue weighted by Gasteiger charge is -2.23. The molecule has 1 aliphatic carbocycles. The van der Waals surface area contributed by atoms with Gasteiger partial charge < -0.3 is 4.90 Å². The number of para-hydroxylation sites is 1. The number of thioether (sulfide) groups is 1. The molecule has 0 atom stereocenters. The molecular weight excluding hydrogens is 346 g/mol. The van der Waals surface area contributed by atoms with Gasteiger partial charge in [0.25, 0.3) is 5.91 Å². The Morgan fingerprint density at radius 3 is 2.54 bits per heavy atom. The zero-order chi connectivity index (χ0) is 18.1. The first-order valence-corrected chi connectivity index (χ1v) is 10.4. The lowest BCUT2D eigenvalue weighted by Crippen LogP contribution is -2.28. The van der Waals surface area contributed by atoms with Crippen molar-refractivity contribution < 1.29 is 14.4 Å². The number of ketones is 1. The Morgan fingerprint density at radius 2 is 1.81 bits per heavy atom. The molecule has 4 rings (SSSR count). The Hall–Kier alpha value is -1.88. The molecule has 0 bridgehead atoms. The number of Topliss-reactive ketones (excluding diaryl/α,β-unsaturated/α-hetero) is 1. The number of rotatable bonds is 4. The summed E-state index contributed by atoms with van der Waals surface area (Å²) in [5.74, 6) is 0.446. The normalized spacial score (nSPS) is 23.8. The second kappa shape index (κ2) is 7.39. The van der Waals surface area contributed by atoms with E-state index in [1.807, 2.05) is 24.3 Å². The predicted octanol–water partition coefficient (Wildman–Crippen LogP) is 4.34. The van der Waals surface area contributed by atoms with E-state index in [1.165, 1.54) is 32.1 Å². The number of anilines is 1. The average molecular weight is 369 g/mol. The molecule has 0 N–H and O–H groups in total. The predicted molar refractivity (Wildman–Crippen MR) is 104 cm³/mol. The average Bonchev–Trinajstić information content (AvgIpc) is 3.12. The van der Waals surface area contributed by atoms with Gasteiger partial charge in [-0.25, -0.2) is 0 Å². The Labute approximate surface area is 158 Å². The van der Waals surface area contributed by atoms with E-state index < -0.39 is 0 Å². The third kappa shape index (κ3) is 3.25. The van der Waals surface area contributed by atoms with Gasteiger partial charge in [0.15, 0.2) is 5.78 Å². The van der Waals surface area contributed by atoms with Crippen molar-refractivity contribution in [3.8, 4) is 0 Å². The fraction of sp³-hybridized carbons (Fsp3) is 0.476. The maximum atomic E-state index is 13.1. The van der Waals surface area contributed by atoms with Crippen molar-refractivity contribution in [2.24, 2.45) is 5.92 Å². The summed E-state index contributed by atoms with van der Waals surface area (Å²) >= 11 is 0.931. The van der Waals surface area contributed by atoms with E-state index in [9.17, 15) is 14.4 Å². The van der Waals surface area contributed by atoms with E-state index in [2.05, 4.69) is 0 Å². The highest BCUT2D eigenvalue weighted by Crippen LogP contribution is 2.44. The first kappa shape index (κ1) is 17.5. The number of carbonyl (C=O) groups excluding carboxylic acids is 3. The zero-order valence-corrected chi connectivity index (χ0v) is 15.6. The summed E-state index contributed by atoms with van der Waals surface area (Å²) in [6, 6.07) is 7.62. The monoisotopic (exact) mass is 369 g/mol. The lowest BCUT2D eigenvalue weighted by atomic mass is 9.86. The molecule has 0 radical (unpaired) electrons. The fourth-order valence-corrected chi connectivity index (χ4v) is 5.26. The third-order valence-corrected chi connectivity index (χ3v) is 6.65. The highest BCUT2D eigenvalue weighted by molar-refractivity contribution is 8.18. The topological polar surface area (TPSA) is 54.5 Å². The number of fused-ring (bicyclic) bond motifs is 1. The largest absolute Gasteiger partial charge is 0.308 e. The van der Waals surface area contributed by atoms with Crippen LogP contribution >= 0.6 is 11.8 Å². The first-order chi connectivity index (χ1) is 12.6. The number of hydrogen-bond acceptors (Lipinski definition) is 4. The van der Waals surface area contributed by atoms with E-state index in [1.54, 1.807) is 4.90 Å². The van der Waals surface area contributed by atoms with Crippen LogP contribution in [0.1, 0.15) is 56.9 Å². The summed E-state index contributed by atoms with van der Waals surface area (Å²) in [5, 5.41) is -0.168. The minimum absolute atomic E-state index is 0.0966. The highest BCUT2D eigenvalue weighted by atomic mass is 32.2. The van der Waals surface area contributed by atoms with Crippen molar-refractivity contribution in [1.82, 2.24) is 0 Å². The van der Waals surface area contributed by atoms with Gasteiger partial charge in [-0.05, 0) is 36.6 Å². The van der Waals surface area contributed by atoms with Crippen molar-refractivity contribution in [2.45, 2.75) is 51.4 Å². The highest BCUT2D eigenvalue weighted by Gasteiger charge is 2.39. The van der Waals surface area contributed by atoms with Crippen LogP contribution < -0.4 is 4.90 Å². The zero-order valence-electron chi connectivity index (χ0n) is 14.8. The number of amides is 1. The maximum absolute atomic E-state index is 13.1. The standard InChI is InChI=1S/C21H23NO3S/c23-17-13-18(24)26-20(17)19-15-10-4-5-11-16(15)22(21(19)25)12-6-9-14-7-2-1-3-8-14/h4-5,10-11,14H,1-3,6-9,12-13H2/b20-19-. The molecule has 1 aromatic rings. The van der Waals surface area contributed by atoms with Crippen LogP contribution in [0.25, 0.3) is 5.57 Å². The number of carbonyl (C=O) groups is 3. The van der Waals surface area contributed by atoms with Crippen LogP contribution in [0, 0.1) is 5.92 Å². The van der Waals surface area contributed by atoms with Crippen molar-refractivity contribution in [3.63, 3.8) is 0 Å². The van der Waals surface area contributed by atoms with Gasteiger partial charge in [0.1, 0.15) is 0 Å². The van der Waals surface area contributed by atoms with E-state index in [-0.39, 0.29) is 23.2 Å². The molecule has 2 fully saturated rings. The van der Waals surface area contributed by atoms with Crippen LogP contribution in [0.15, 0.2) is 29.2 Å². The van der Waals surface area contributed by atoms with Gasteiger partial charge in [-0.1, -0.05) is 50.3 Å². The Kier molecular flexibility index (Phi) is 4.98. The summed E-state index contributed by atoms with van der Waals surface area (Å²) in [6.45, 7) is 0.677. The summed E-state index contributed by atoms with van der Waals surface area (Å²) in [7, 11) is 0. The SMILES string of the molecule is O=C1CC(=O)/C(=C2/C(=O)N(CCCC3CCCCC3)c3ccccc32)S1. The number of hydrogen-bond donors (Lipinski definition) is 0. The van der Waals surface area contributed by atoms with Crippen LogP contribution in [-0.4, -0.2) is 23.4 Å². The van der Waals surface area contributed by atoms with Crippen LogP contribution in [0.2, 0.25) is 0 Å². The molecule has 4 nitrogen and oxygen atoms in total. The number of nitrogens with zero attached hydrogens (tertiary/aromatic N) is 1. The van der Waals surface area contributed by atoms with Gasteiger partial charge >= 0.3 is 0 Å². The second-order valence-corrected chi connectivity index (χ2v) is 8.47. The van der Waals surface area contributed by atoms with Gasteiger partial charge in [-0.3, -0.25) is 14.4 Å². The summed E-state index contributed by atoms with van der Waals surface area (Å²) in [4.78, 5) is 39.0. The molecule has 0 aromatic heterocycles. The minimum Gasteiger partial charge on any atom is -0.308 e. The quantitative estimate of drug-likeness (QED) is 0.585. The van der Waals surface area contributed by atoms with Crippen molar-refractivity contribution in [3.05, 3.63) is 34.7 Å². The molecule has 3 aliphatic rings. The molecular formula is C21H23NO3S. The summed E-state index contributed by atoms with van der Waals surface area (Å²) in [6.07, 6.45) is 8.69. The van der Waals surface area contributed by atoms with Gasteiger partial charge in [0.2, 0.25) is 5.12 Å². The molecule has 2 aliphatic heterocycles. The molecule has 5 heteroatoms. The van der Waals surface area contributed by atoms with Crippen LogP contribution in [0.5, 0.6) is 0 Å². The Morgan fingerprint density at radius 1 is 1.04 bits per heavy atom. The summed E-state index contributed by atoms with van der Waals surface area (Å²) < 4.78 is 0. The van der Waals surface area contributed by atoms with Crippen molar-refractivity contribution >= 4 is 39.8 Å². The lowest BCUT2D eigenvalue weighted by molar-refractivity contribution is -0.119. The number of benzene rings is 1. The molecule has 1 saturated carbocycles. The van der Waals surface area contributed by atoms with Gasteiger partial charge in [-0.15, -0.1) is 0 Å². The number of allylic oxidation sites excluding steroid dienone is 1. The molecule has 0 spiro atoms. The van der Waals surface area contributed by atoms with Gasteiger partial charge in [0, 0.05) is 12.1 Å². The fourth-order valence-electron chi connectivity index (χ4n) is 4.34. The molecule has 1 saturated heterocycles. The van der Waals surface area contributed by atoms with Gasteiger partial charge in [-0.2, -0.15) is 0 Å². The molecule has 1 aromatic carbocycles. The van der Waals surface area contributed by atoms with E-state index in [0.717, 1.165) is 41.8 Å². The summed E-state index contributed by atoms with van der Waals surface area (Å²) in [5.41, 5.74) is 2.09. The maximum Gasteiger partial charge on any atom is 0.260 e. The van der Waals surface area contributed by atoms with Crippen LogP contribution in [0.4, 0.5) is 5.69 Å². The molecule has 26 heavy (non-hydrogen) atoms. The van der Waals surface area contributed by atoms with Crippen molar-refractivity contribution in [2.75, 3.05) is 11.4 Å². The Balaban J connectivity index is 1.55. The van der Waals surface area contributed by atoms with E-state index in [4.69, 9.17) is 0 Å². The van der Waals surface area contributed by atoms with Gasteiger partial charge in [0.05, 0.1) is 22.6 Å². The van der Waals surface area contributed by atoms with E-state index in [0.29, 0.717) is 17.0 Å². The minimum atomic E-state index is -0.220. The molecule has 136 valence electrons. The first-order valence-electron chi connectivity index (χ1n) is 9.54.